The molecule has 1 aromatic heterocycles. The third kappa shape index (κ3) is 2.72. The lowest BCUT2D eigenvalue weighted by Gasteiger charge is -2.08. The van der Waals surface area contributed by atoms with Crippen LogP contribution in [-0.2, 0) is 6.54 Å². The number of anilines is 1. The molecule has 3 aromatic rings. The maximum Gasteiger partial charge on any atom is 0.118 e. The van der Waals surface area contributed by atoms with Crippen molar-refractivity contribution < 1.29 is 4.74 Å². The molecule has 0 aliphatic heterocycles. The molecule has 0 radical (unpaired) electrons. The molecular formula is C17H16N2O. The van der Waals surface area contributed by atoms with Gasteiger partial charge in [-0.15, -0.1) is 0 Å². The molecule has 3 heteroatoms. The minimum Gasteiger partial charge on any atom is -0.497 e. The van der Waals surface area contributed by atoms with E-state index in [0.717, 1.165) is 28.9 Å². The lowest BCUT2D eigenvalue weighted by Crippen LogP contribution is -1.99. The summed E-state index contributed by atoms with van der Waals surface area (Å²) >= 11 is 0. The van der Waals surface area contributed by atoms with Crippen molar-refractivity contribution in [2.75, 3.05) is 12.4 Å². The molecule has 0 amide bonds. The van der Waals surface area contributed by atoms with E-state index in [2.05, 4.69) is 40.6 Å². The first-order valence-electron chi connectivity index (χ1n) is 6.57. The van der Waals surface area contributed by atoms with E-state index >= 15 is 0 Å². The van der Waals surface area contributed by atoms with Gasteiger partial charge in [0.2, 0.25) is 0 Å². The first-order chi connectivity index (χ1) is 9.85. The molecule has 20 heavy (non-hydrogen) atoms. The van der Waals surface area contributed by atoms with Crippen molar-refractivity contribution in [3.8, 4) is 5.75 Å². The number of fused-ring (bicyclic) bond motifs is 1. The Morgan fingerprint density at radius 3 is 2.70 bits per heavy atom. The molecule has 1 N–H and O–H groups in total. The Balaban J connectivity index is 1.72. The summed E-state index contributed by atoms with van der Waals surface area (Å²) in [5, 5.41) is 4.57. The average molecular weight is 264 g/mol. The molecule has 0 aliphatic rings. The second-order valence-electron chi connectivity index (χ2n) is 4.61. The molecule has 0 saturated carbocycles. The van der Waals surface area contributed by atoms with Crippen molar-refractivity contribution in [2.45, 2.75) is 6.54 Å². The third-order valence-corrected chi connectivity index (χ3v) is 3.26. The standard InChI is InChI=1S/C17H16N2O/c1-20-16-7-4-13(5-8-16)12-19-15-6-9-17-14(11-15)3-2-10-18-17/h2-11,19H,12H2,1H3. The van der Waals surface area contributed by atoms with Crippen molar-refractivity contribution in [1.29, 1.82) is 0 Å². The van der Waals surface area contributed by atoms with Crippen LogP contribution in [0.5, 0.6) is 5.75 Å². The third-order valence-electron chi connectivity index (χ3n) is 3.26. The van der Waals surface area contributed by atoms with Gasteiger partial charge < -0.3 is 10.1 Å². The highest BCUT2D eigenvalue weighted by atomic mass is 16.5. The normalized spacial score (nSPS) is 10.4. The van der Waals surface area contributed by atoms with Gasteiger partial charge in [-0.05, 0) is 42.0 Å². The molecule has 3 nitrogen and oxygen atoms in total. The fourth-order valence-electron chi connectivity index (χ4n) is 2.13. The maximum atomic E-state index is 5.15. The molecule has 0 unspecified atom stereocenters. The first kappa shape index (κ1) is 12.5. The van der Waals surface area contributed by atoms with E-state index in [0.29, 0.717) is 0 Å². The van der Waals surface area contributed by atoms with Crippen LogP contribution >= 0.6 is 0 Å². The summed E-state index contributed by atoms with van der Waals surface area (Å²) < 4.78 is 5.15. The van der Waals surface area contributed by atoms with Crippen LogP contribution in [0.4, 0.5) is 5.69 Å². The summed E-state index contributed by atoms with van der Waals surface area (Å²) in [5.41, 5.74) is 3.33. The van der Waals surface area contributed by atoms with Gasteiger partial charge in [-0.25, -0.2) is 0 Å². The van der Waals surface area contributed by atoms with Gasteiger partial charge in [-0.3, -0.25) is 4.98 Å². The van der Waals surface area contributed by atoms with Crippen LogP contribution in [0.15, 0.2) is 60.8 Å². The number of nitrogens with one attached hydrogen (secondary N) is 1. The van der Waals surface area contributed by atoms with Gasteiger partial charge in [0, 0.05) is 23.8 Å². The molecule has 0 saturated heterocycles. The van der Waals surface area contributed by atoms with Gasteiger partial charge in [0.25, 0.3) is 0 Å². The number of benzene rings is 2. The molecule has 3 rings (SSSR count). The van der Waals surface area contributed by atoms with E-state index in [1.54, 1.807) is 7.11 Å². The van der Waals surface area contributed by atoms with Gasteiger partial charge in [0.1, 0.15) is 5.75 Å². The van der Waals surface area contributed by atoms with E-state index in [4.69, 9.17) is 4.74 Å². The second-order valence-corrected chi connectivity index (χ2v) is 4.61. The molecule has 100 valence electrons. The molecule has 0 fully saturated rings. The van der Waals surface area contributed by atoms with Crippen LogP contribution in [0.25, 0.3) is 10.9 Å². The highest BCUT2D eigenvalue weighted by Gasteiger charge is 1.98. The minimum absolute atomic E-state index is 0.787. The van der Waals surface area contributed by atoms with Crippen LogP contribution in [0.1, 0.15) is 5.56 Å². The van der Waals surface area contributed by atoms with Crippen LogP contribution in [0, 0.1) is 0 Å². The fourth-order valence-corrected chi connectivity index (χ4v) is 2.13. The Hall–Kier alpha value is -2.55. The number of methoxy groups -OCH3 is 1. The van der Waals surface area contributed by atoms with Crippen LogP contribution in [-0.4, -0.2) is 12.1 Å². The predicted molar refractivity (Wildman–Crippen MR) is 82.1 cm³/mol. The van der Waals surface area contributed by atoms with Crippen molar-refractivity contribution in [3.05, 3.63) is 66.4 Å². The maximum absolute atomic E-state index is 5.15. The molecule has 2 aromatic carbocycles. The van der Waals surface area contributed by atoms with E-state index in [1.165, 1.54) is 5.56 Å². The van der Waals surface area contributed by atoms with Crippen LogP contribution in [0.3, 0.4) is 0 Å². The number of rotatable bonds is 4. The van der Waals surface area contributed by atoms with Crippen molar-refractivity contribution in [2.24, 2.45) is 0 Å². The number of pyridine rings is 1. The Kier molecular flexibility index (Phi) is 3.50. The highest BCUT2D eigenvalue weighted by molar-refractivity contribution is 5.82. The highest BCUT2D eigenvalue weighted by Crippen LogP contribution is 2.18. The van der Waals surface area contributed by atoms with Crippen molar-refractivity contribution in [3.63, 3.8) is 0 Å². The number of aromatic nitrogens is 1. The lowest BCUT2D eigenvalue weighted by molar-refractivity contribution is 0.414. The van der Waals surface area contributed by atoms with Crippen molar-refractivity contribution in [1.82, 2.24) is 4.98 Å². The predicted octanol–water partition coefficient (Wildman–Crippen LogP) is 3.86. The fraction of sp³-hybridized carbons (Fsp3) is 0.118. The van der Waals surface area contributed by atoms with Crippen LogP contribution < -0.4 is 10.1 Å². The SMILES string of the molecule is COc1ccc(CNc2ccc3ncccc3c2)cc1. The zero-order valence-corrected chi connectivity index (χ0v) is 11.3. The zero-order valence-electron chi connectivity index (χ0n) is 11.3. The van der Waals surface area contributed by atoms with Crippen molar-refractivity contribution >= 4 is 16.6 Å². The number of nitrogens with zero attached hydrogens (tertiary/aromatic N) is 1. The zero-order chi connectivity index (χ0) is 13.8. The summed E-state index contributed by atoms with van der Waals surface area (Å²) in [4.78, 5) is 4.32. The van der Waals surface area contributed by atoms with E-state index in [9.17, 15) is 0 Å². The Labute approximate surface area is 118 Å². The molecule has 1 heterocycles. The largest absolute Gasteiger partial charge is 0.497 e. The topological polar surface area (TPSA) is 34.1 Å². The van der Waals surface area contributed by atoms with E-state index in [-0.39, 0.29) is 0 Å². The molecule has 0 atom stereocenters. The van der Waals surface area contributed by atoms with Gasteiger partial charge in [0.05, 0.1) is 12.6 Å². The summed E-state index contributed by atoms with van der Waals surface area (Å²) in [6.45, 7) is 0.787. The van der Waals surface area contributed by atoms with Gasteiger partial charge in [-0.2, -0.15) is 0 Å². The quantitative estimate of drug-likeness (QED) is 0.777. The number of ether oxygens (including phenoxy) is 1. The van der Waals surface area contributed by atoms with Crippen LogP contribution in [0.2, 0.25) is 0 Å². The Bertz CT molecular complexity index is 708. The Morgan fingerprint density at radius 2 is 1.90 bits per heavy atom. The van der Waals surface area contributed by atoms with E-state index in [1.807, 2.05) is 30.5 Å². The van der Waals surface area contributed by atoms with Gasteiger partial charge in [-0.1, -0.05) is 18.2 Å². The summed E-state index contributed by atoms with van der Waals surface area (Å²) in [7, 11) is 1.68. The minimum atomic E-state index is 0.787. The first-order valence-corrected chi connectivity index (χ1v) is 6.57. The lowest BCUT2D eigenvalue weighted by atomic mass is 10.2. The summed E-state index contributed by atoms with van der Waals surface area (Å²) in [6, 6.07) is 18.3. The Morgan fingerprint density at radius 1 is 1.05 bits per heavy atom. The van der Waals surface area contributed by atoms with Gasteiger partial charge >= 0.3 is 0 Å². The smallest absolute Gasteiger partial charge is 0.118 e. The molecule has 0 bridgehead atoms. The molecule has 0 aliphatic carbocycles. The molecular weight excluding hydrogens is 248 g/mol. The number of hydrogen-bond donors (Lipinski definition) is 1. The van der Waals surface area contributed by atoms with Gasteiger partial charge in [0.15, 0.2) is 0 Å². The summed E-state index contributed by atoms with van der Waals surface area (Å²) in [6.07, 6.45) is 1.81. The second kappa shape index (κ2) is 5.61. The number of hydrogen-bond acceptors (Lipinski definition) is 3. The van der Waals surface area contributed by atoms with E-state index < -0.39 is 0 Å². The average Bonchev–Trinajstić information content (AvgIpc) is 2.53. The monoisotopic (exact) mass is 264 g/mol. The summed E-state index contributed by atoms with van der Waals surface area (Å²) in [5.74, 6) is 0.880. The molecule has 0 spiro atoms.